The molecule has 8 heteroatoms. The molecule has 0 aliphatic rings. The highest BCUT2D eigenvalue weighted by molar-refractivity contribution is 6.10. The number of rotatable bonds is 5. The van der Waals surface area contributed by atoms with Gasteiger partial charge in [-0.3, -0.25) is 4.79 Å². The van der Waals surface area contributed by atoms with Crippen molar-refractivity contribution in [2.24, 2.45) is 0 Å². The van der Waals surface area contributed by atoms with E-state index in [-0.39, 0.29) is 17.1 Å². The van der Waals surface area contributed by atoms with Crippen molar-refractivity contribution in [3.63, 3.8) is 0 Å². The summed E-state index contributed by atoms with van der Waals surface area (Å²) in [5.41, 5.74) is -0.311. The molecular weight excluding hydrogens is 348 g/mol. The highest BCUT2D eigenvalue weighted by Crippen LogP contribution is 2.22. The highest BCUT2D eigenvalue weighted by Gasteiger charge is 2.20. The van der Waals surface area contributed by atoms with Gasteiger partial charge in [0.05, 0.1) is 18.0 Å². The Hall–Kier alpha value is -4.12. The fourth-order valence-electron chi connectivity index (χ4n) is 2.19. The third-order valence-electron chi connectivity index (χ3n) is 3.54. The Kier molecular flexibility index (Phi) is 5.14. The minimum atomic E-state index is -0.806. The van der Waals surface area contributed by atoms with Crippen LogP contribution in [0.15, 0.2) is 65.0 Å². The summed E-state index contributed by atoms with van der Waals surface area (Å²) in [6, 6.07) is 14.0. The van der Waals surface area contributed by atoms with Crippen molar-refractivity contribution in [2.45, 2.75) is 6.92 Å². The molecule has 134 valence electrons. The number of carbonyl (C=O) groups is 1. The average molecular weight is 362 g/mol. The van der Waals surface area contributed by atoms with Gasteiger partial charge in [0, 0.05) is 0 Å². The van der Waals surface area contributed by atoms with Gasteiger partial charge in [-0.1, -0.05) is 23.4 Å². The van der Waals surface area contributed by atoms with E-state index in [2.05, 4.69) is 15.5 Å². The first kappa shape index (κ1) is 17.7. The smallest absolute Gasteiger partial charge is 0.271 e. The molecule has 0 bridgehead atoms. The summed E-state index contributed by atoms with van der Waals surface area (Å²) in [6.07, 6.45) is 2.66. The van der Waals surface area contributed by atoms with E-state index in [4.69, 9.17) is 9.26 Å². The van der Waals surface area contributed by atoms with Crippen LogP contribution in [0.1, 0.15) is 11.3 Å². The van der Waals surface area contributed by atoms with E-state index in [0.717, 1.165) is 0 Å². The average Bonchev–Trinajstić information content (AvgIpc) is 3.10. The molecule has 8 nitrogen and oxygen atoms in total. The highest BCUT2D eigenvalue weighted by atomic mass is 16.5. The van der Waals surface area contributed by atoms with Gasteiger partial charge in [0.25, 0.3) is 5.91 Å². The SMILES string of the molecule is Cc1oncc1/C(O)=C(\C#N)C(=O)Nc1ccc(Oc2ccccc2)cn1. The number of hydrogen-bond donors (Lipinski definition) is 2. The summed E-state index contributed by atoms with van der Waals surface area (Å²) in [5.74, 6) is 0.298. The molecule has 3 aromatic rings. The van der Waals surface area contributed by atoms with Crippen molar-refractivity contribution in [3.8, 4) is 17.6 Å². The molecule has 0 aliphatic heterocycles. The van der Waals surface area contributed by atoms with Crippen LogP contribution in [0.2, 0.25) is 0 Å². The molecule has 0 radical (unpaired) electrons. The molecule has 0 saturated heterocycles. The number of aliphatic hydroxyl groups excluding tert-OH is 1. The van der Waals surface area contributed by atoms with Crippen LogP contribution in [0.4, 0.5) is 5.82 Å². The Labute approximate surface area is 154 Å². The van der Waals surface area contributed by atoms with Crippen LogP contribution in [-0.2, 0) is 4.79 Å². The number of pyridine rings is 1. The van der Waals surface area contributed by atoms with E-state index in [1.54, 1.807) is 31.2 Å². The molecule has 0 spiro atoms. The number of aromatic nitrogens is 2. The molecule has 0 fully saturated rings. The first-order valence-corrected chi connectivity index (χ1v) is 7.84. The zero-order valence-electron chi connectivity index (χ0n) is 14.2. The number of nitrogens with one attached hydrogen (secondary N) is 1. The lowest BCUT2D eigenvalue weighted by atomic mass is 10.1. The summed E-state index contributed by atoms with van der Waals surface area (Å²) >= 11 is 0. The van der Waals surface area contributed by atoms with Gasteiger partial charge < -0.3 is 19.7 Å². The van der Waals surface area contributed by atoms with Crippen LogP contribution in [0, 0.1) is 18.3 Å². The number of ether oxygens (including phenoxy) is 1. The molecule has 1 aromatic carbocycles. The summed E-state index contributed by atoms with van der Waals surface area (Å²) < 4.78 is 10.4. The molecule has 1 amide bonds. The second-order valence-electron chi connectivity index (χ2n) is 5.38. The Morgan fingerprint density at radius 2 is 1.96 bits per heavy atom. The van der Waals surface area contributed by atoms with E-state index in [1.165, 1.54) is 18.5 Å². The van der Waals surface area contributed by atoms with Crippen molar-refractivity contribution in [1.82, 2.24) is 10.1 Å². The Balaban J connectivity index is 1.73. The van der Waals surface area contributed by atoms with Crippen molar-refractivity contribution in [3.05, 3.63) is 71.8 Å². The topological polar surface area (TPSA) is 121 Å². The molecule has 2 heterocycles. The van der Waals surface area contributed by atoms with E-state index >= 15 is 0 Å². The summed E-state index contributed by atoms with van der Waals surface area (Å²) in [6.45, 7) is 1.55. The predicted molar refractivity (Wildman–Crippen MR) is 95.8 cm³/mol. The minimum absolute atomic E-state index is 0.168. The summed E-state index contributed by atoms with van der Waals surface area (Å²) in [5, 5.41) is 25.3. The molecule has 0 aliphatic carbocycles. The Bertz CT molecular complexity index is 1020. The first-order valence-electron chi connectivity index (χ1n) is 7.84. The molecule has 2 aromatic heterocycles. The molecule has 0 saturated carbocycles. The van der Waals surface area contributed by atoms with Gasteiger partial charge in [0.1, 0.15) is 29.1 Å². The van der Waals surface area contributed by atoms with Crippen LogP contribution in [0.5, 0.6) is 11.5 Å². The Morgan fingerprint density at radius 3 is 2.56 bits per heavy atom. The van der Waals surface area contributed by atoms with Gasteiger partial charge in [0.15, 0.2) is 11.3 Å². The number of carbonyl (C=O) groups excluding carboxylic acids is 1. The monoisotopic (exact) mass is 362 g/mol. The predicted octanol–water partition coefficient (Wildman–Crippen LogP) is 3.60. The van der Waals surface area contributed by atoms with Crippen molar-refractivity contribution >= 4 is 17.5 Å². The fourth-order valence-corrected chi connectivity index (χ4v) is 2.19. The number of para-hydroxylation sites is 1. The minimum Gasteiger partial charge on any atom is -0.506 e. The maximum atomic E-state index is 12.3. The standard InChI is InChI=1S/C19H14N4O4/c1-12-16(11-22-27-12)18(24)15(9-20)19(25)23-17-8-7-14(10-21-17)26-13-5-3-2-4-6-13/h2-8,10-11,24H,1H3,(H,21,23,25)/b18-15-. The zero-order chi connectivity index (χ0) is 19.2. The molecule has 27 heavy (non-hydrogen) atoms. The molecule has 0 unspecified atom stereocenters. The normalized spacial score (nSPS) is 11.3. The molecule has 0 atom stereocenters. The van der Waals surface area contributed by atoms with Gasteiger partial charge in [-0.25, -0.2) is 4.98 Å². The molecule has 2 N–H and O–H groups in total. The van der Waals surface area contributed by atoms with Crippen molar-refractivity contribution in [2.75, 3.05) is 5.32 Å². The van der Waals surface area contributed by atoms with E-state index in [0.29, 0.717) is 11.5 Å². The lowest BCUT2D eigenvalue weighted by Gasteiger charge is -2.07. The number of nitriles is 1. The zero-order valence-corrected chi connectivity index (χ0v) is 14.2. The van der Waals surface area contributed by atoms with Gasteiger partial charge >= 0.3 is 0 Å². The largest absolute Gasteiger partial charge is 0.506 e. The van der Waals surface area contributed by atoms with E-state index in [9.17, 15) is 15.2 Å². The van der Waals surface area contributed by atoms with E-state index in [1.807, 2.05) is 18.2 Å². The number of amides is 1. The van der Waals surface area contributed by atoms with Crippen LogP contribution >= 0.6 is 0 Å². The number of hydrogen-bond acceptors (Lipinski definition) is 7. The Morgan fingerprint density at radius 1 is 1.19 bits per heavy atom. The number of nitrogens with zero attached hydrogens (tertiary/aromatic N) is 3. The van der Waals surface area contributed by atoms with E-state index < -0.39 is 17.2 Å². The maximum absolute atomic E-state index is 12.3. The van der Waals surface area contributed by atoms with Gasteiger partial charge in [-0.05, 0) is 31.2 Å². The number of anilines is 1. The van der Waals surface area contributed by atoms with Crippen LogP contribution in [0.25, 0.3) is 5.76 Å². The fraction of sp³-hybridized carbons (Fsp3) is 0.0526. The third-order valence-corrected chi connectivity index (χ3v) is 3.54. The van der Waals surface area contributed by atoms with Gasteiger partial charge in [-0.15, -0.1) is 0 Å². The van der Waals surface area contributed by atoms with Crippen LogP contribution in [0.3, 0.4) is 0 Å². The van der Waals surface area contributed by atoms with Crippen LogP contribution < -0.4 is 10.1 Å². The summed E-state index contributed by atoms with van der Waals surface area (Å²) in [4.78, 5) is 16.4. The third kappa shape index (κ3) is 4.11. The molecular formula is C19H14N4O4. The molecule has 3 rings (SSSR count). The van der Waals surface area contributed by atoms with Crippen molar-refractivity contribution in [1.29, 1.82) is 5.26 Å². The van der Waals surface area contributed by atoms with Gasteiger partial charge in [-0.2, -0.15) is 5.26 Å². The lowest BCUT2D eigenvalue weighted by Crippen LogP contribution is -2.16. The quantitative estimate of drug-likeness (QED) is 0.404. The van der Waals surface area contributed by atoms with Gasteiger partial charge in [0.2, 0.25) is 0 Å². The number of aryl methyl sites for hydroxylation is 1. The number of aliphatic hydroxyl groups is 1. The van der Waals surface area contributed by atoms with Crippen LogP contribution in [-0.4, -0.2) is 21.2 Å². The second kappa shape index (κ2) is 7.84. The maximum Gasteiger partial charge on any atom is 0.271 e. The van der Waals surface area contributed by atoms with Crippen molar-refractivity contribution < 1.29 is 19.2 Å². The second-order valence-corrected chi connectivity index (χ2v) is 5.38. The lowest BCUT2D eigenvalue weighted by molar-refractivity contribution is -0.112. The first-order chi connectivity index (χ1) is 13.1. The summed E-state index contributed by atoms with van der Waals surface area (Å²) in [7, 11) is 0. The number of benzene rings is 1.